The second-order valence-electron chi connectivity index (χ2n) is 11.5. The van der Waals surface area contributed by atoms with E-state index in [4.69, 9.17) is 0 Å². The molecule has 0 bridgehead atoms. The van der Waals surface area contributed by atoms with E-state index in [1.165, 1.54) is 55.6 Å². The van der Waals surface area contributed by atoms with Gasteiger partial charge < -0.3 is 15.7 Å². The summed E-state index contributed by atoms with van der Waals surface area (Å²) in [6.45, 7) is 5.79. The molecule has 5 aromatic carbocycles. The van der Waals surface area contributed by atoms with Gasteiger partial charge in [0.1, 0.15) is 5.75 Å². The summed E-state index contributed by atoms with van der Waals surface area (Å²) in [7, 11) is -10.9. The third-order valence-electron chi connectivity index (χ3n) is 8.01. The number of benzene rings is 5. The number of sulfonamides is 1. The van der Waals surface area contributed by atoms with Crippen molar-refractivity contribution in [3.05, 3.63) is 78.4 Å². The number of aromatic hydroxyl groups is 1. The third-order valence-corrected chi connectivity index (χ3v) is 12.1. The van der Waals surface area contributed by atoms with Crippen molar-refractivity contribution in [1.29, 1.82) is 0 Å². The zero-order valence-corrected chi connectivity index (χ0v) is 28.9. The highest BCUT2D eigenvalue weighted by molar-refractivity contribution is 7.93. The van der Waals surface area contributed by atoms with Crippen molar-refractivity contribution in [1.82, 2.24) is 10.6 Å². The van der Waals surface area contributed by atoms with Crippen LogP contribution in [0.4, 0.5) is 5.69 Å². The molecule has 5 aromatic rings. The van der Waals surface area contributed by atoms with Gasteiger partial charge >= 0.3 is 0 Å². The average Bonchev–Trinajstić information content (AvgIpc) is 3.02. The van der Waals surface area contributed by atoms with Crippen LogP contribution in [0.15, 0.2) is 87.5 Å². The van der Waals surface area contributed by atoms with E-state index in [0.29, 0.717) is 25.1 Å². The molecule has 0 atom stereocenters. The Hall–Kier alpha value is -4.73. The SMILES string of the molecule is C=C(C)C(=O)NCCCNC(=O)c1ccc(N(C)S(=O)(=O)c2cc(O)c3ccc4c(S(C)(=O)=O)cc(S(C)(=O)=O)c5ccc2c3c45)cc1. The fraction of sp³-hybridized carbons (Fsp3) is 0.212. The first-order valence-electron chi connectivity index (χ1n) is 14.5. The number of carbonyl (C=O) groups is 2. The molecule has 0 aromatic heterocycles. The summed E-state index contributed by atoms with van der Waals surface area (Å²) < 4.78 is 80.4. The number of phenolic OH excluding ortho intramolecular Hbond substituents is 1. The number of phenols is 1. The summed E-state index contributed by atoms with van der Waals surface area (Å²) >= 11 is 0. The molecular weight excluding hydrogens is 679 g/mol. The number of carbonyl (C=O) groups excluding carboxylic acids is 2. The zero-order chi connectivity index (χ0) is 35.3. The van der Waals surface area contributed by atoms with Gasteiger partial charge in [-0.3, -0.25) is 13.9 Å². The van der Waals surface area contributed by atoms with Gasteiger partial charge in [0.15, 0.2) is 19.7 Å². The molecule has 0 heterocycles. The first-order valence-corrected chi connectivity index (χ1v) is 19.7. The molecule has 0 aliphatic carbocycles. The standard InChI is InChI=1S/C33H33N3O9S3/c1-19(2)32(38)34-15-6-16-35-33(39)20-7-9-21(10-8-20)36(3)48(44,45)29-17-26(37)22-11-12-23-27(46(4,40)41)18-28(47(5,42)43)24-13-14-25(29)30(22)31(23)24/h7-14,17-18,37H,1,6,15-16H2,2-5H3,(H,34,38)(H,35,39). The van der Waals surface area contributed by atoms with Crippen molar-refractivity contribution in [2.24, 2.45) is 0 Å². The van der Waals surface area contributed by atoms with Gasteiger partial charge in [0.05, 0.1) is 20.4 Å². The molecule has 3 N–H and O–H groups in total. The van der Waals surface area contributed by atoms with Gasteiger partial charge in [-0.1, -0.05) is 24.8 Å². The Morgan fingerprint density at radius 2 is 1.21 bits per heavy atom. The monoisotopic (exact) mass is 711 g/mol. The number of sulfone groups is 2. The van der Waals surface area contributed by atoms with E-state index in [0.717, 1.165) is 28.9 Å². The number of hydrogen-bond acceptors (Lipinski definition) is 9. The minimum Gasteiger partial charge on any atom is -0.507 e. The van der Waals surface area contributed by atoms with E-state index >= 15 is 0 Å². The maximum absolute atomic E-state index is 14.1. The predicted molar refractivity (Wildman–Crippen MR) is 185 cm³/mol. The van der Waals surface area contributed by atoms with Crippen LogP contribution in [0.5, 0.6) is 5.75 Å². The highest BCUT2D eigenvalue weighted by atomic mass is 32.2. The topological polar surface area (TPSA) is 184 Å². The molecule has 12 nitrogen and oxygen atoms in total. The molecule has 0 spiro atoms. The molecule has 0 aliphatic rings. The molecule has 2 amide bonds. The van der Waals surface area contributed by atoms with Crippen LogP contribution < -0.4 is 14.9 Å². The molecule has 0 radical (unpaired) electrons. The minimum absolute atomic E-state index is 0.147. The quantitative estimate of drug-likeness (QED) is 0.104. The van der Waals surface area contributed by atoms with Crippen molar-refractivity contribution in [3.8, 4) is 5.75 Å². The van der Waals surface area contributed by atoms with Gasteiger partial charge in [-0.2, -0.15) is 0 Å². The van der Waals surface area contributed by atoms with Gasteiger partial charge in [0.2, 0.25) is 5.91 Å². The van der Waals surface area contributed by atoms with Gasteiger partial charge in [0, 0.05) is 82.2 Å². The van der Waals surface area contributed by atoms with Crippen LogP contribution >= 0.6 is 0 Å². The Labute approximate surface area is 278 Å². The van der Waals surface area contributed by atoms with Crippen molar-refractivity contribution < 1.29 is 39.9 Å². The van der Waals surface area contributed by atoms with Gasteiger partial charge in [-0.25, -0.2) is 25.3 Å². The highest BCUT2D eigenvalue weighted by Crippen LogP contribution is 2.45. The summed E-state index contributed by atoms with van der Waals surface area (Å²) in [5.41, 5.74) is 0.866. The van der Waals surface area contributed by atoms with E-state index < -0.39 is 41.4 Å². The molecule has 48 heavy (non-hydrogen) atoms. The minimum atomic E-state index is -4.39. The average molecular weight is 712 g/mol. The van der Waals surface area contributed by atoms with Crippen LogP contribution in [0.3, 0.4) is 0 Å². The largest absolute Gasteiger partial charge is 0.507 e. The lowest BCUT2D eigenvalue weighted by Gasteiger charge is -2.23. The summed E-state index contributed by atoms with van der Waals surface area (Å²) in [5, 5.41) is 17.6. The maximum atomic E-state index is 14.1. The summed E-state index contributed by atoms with van der Waals surface area (Å²) in [5.74, 6) is -1.06. The van der Waals surface area contributed by atoms with Crippen LogP contribution in [0, 0.1) is 0 Å². The predicted octanol–water partition coefficient (Wildman–Crippen LogP) is 3.73. The van der Waals surface area contributed by atoms with E-state index in [2.05, 4.69) is 17.2 Å². The summed E-state index contributed by atoms with van der Waals surface area (Å²) in [4.78, 5) is 23.4. The number of nitrogens with one attached hydrogen (secondary N) is 2. The molecule has 252 valence electrons. The fourth-order valence-electron chi connectivity index (χ4n) is 5.56. The van der Waals surface area contributed by atoms with Crippen molar-refractivity contribution in [2.75, 3.05) is 37.0 Å². The van der Waals surface area contributed by atoms with Gasteiger partial charge in [0.25, 0.3) is 15.9 Å². The van der Waals surface area contributed by atoms with Gasteiger partial charge in [-0.15, -0.1) is 0 Å². The van der Waals surface area contributed by atoms with E-state index in [9.17, 15) is 39.9 Å². The lowest BCUT2D eigenvalue weighted by atomic mass is 9.94. The highest BCUT2D eigenvalue weighted by Gasteiger charge is 2.29. The first-order chi connectivity index (χ1) is 22.3. The lowest BCUT2D eigenvalue weighted by molar-refractivity contribution is -0.117. The van der Waals surface area contributed by atoms with Crippen molar-refractivity contribution in [3.63, 3.8) is 0 Å². The molecule has 0 unspecified atom stereocenters. The number of nitrogens with zero attached hydrogens (tertiary/aromatic N) is 1. The van der Waals surface area contributed by atoms with Crippen LogP contribution in [0.1, 0.15) is 23.7 Å². The molecule has 0 saturated carbocycles. The molecule has 5 rings (SSSR count). The zero-order valence-electron chi connectivity index (χ0n) is 26.5. The Morgan fingerprint density at radius 1 is 0.729 bits per heavy atom. The third kappa shape index (κ3) is 6.28. The number of anilines is 1. The summed E-state index contributed by atoms with van der Waals surface area (Å²) in [6.07, 6.45) is 2.40. The summed E-state index contributed by atoms with van der Waals surface area (Å²) in [6, 6.07) is 13.8. The lowest BCUT2D eigenvalue weighted by Crippen LogP contribution is -2.30. The molecule has 0 saturated heterocycles. The second-order valence-corrected chi connectivity index (χ2v) is 17.5. The molecule has 0 aliphatic heterocycles. The van der Waals surface area contributed by atoms with Crippen LogP contribution in [-0.2, 0) is 34.5 Å². The number of rotatable bonds is 11. The normalized spacial score (nSPS) is 12.4. The van der Waals surface area contributed by atoms with Crippen molar-refractivity contribution >= 4 is 79.5 Å². The Kier molecular flexibility index (Phi) is 8.92. The molecule has 0 fully saturated rings. The maximum Gasteiger partial charge on any atom is 0.264 e. The second kappa shape index (κ2) is 12.4. The Morgan fingerprint density at radius 3 is 1.73 bits per heavy atom. The van der Waals surface area contributed by atoms with Crippen LogP contribution in [0.25, 0.3) is 32.3 Å². The number of hydrogen-bond donors (Lipinski definition) is 3. The van der Waals surface area contributed by atoms with Crippen molar-refractivity contribution in [2.45, 2.75) is 28.0 Å². The van der Waals surface area contributed by atoms with Crippen LogP contribution in [0.2, 0.25) is 0 Å². The van der Waals surface area contributed by atoms with E-state index in [1.807, 2.05) is 0 Å². The number of amides is 2. The first kappa shape index (κ1) is 34.6. The van der Waals surface area contributed by atoms with E-state index in [-0.39, 0.29) is 64.2 Å². The fourth-order valence-corrected chi connectivity index (χ4v) is 8.84. The Balaban J connectivity index is 1.52. The van der Waals surface area contributed by atoms with Crippen LogP contribution in [-0.4, -0.2) is 74.8 Å². The Bertz CT molecular complexity index is 2420. The van der Waals surface area contributed by atoms with Gasteiger partial charge in [-0.05, 0) is 49.7 Å². The van der Waals surface area contributed by atoms with E-state index in [1.54, 1.807) is 6.92 Å². The molecule has 15 heteroatoms. The smallest absolute Gasteiger partial charge is 0.264 e. The molecular formula is C33H33N3O9S3.